The number of methoxy groups -OCH3 is 1. The number of hydrogen-bond donors (Lipinski definition) is 1. The van der Waals surface area contributed by atoms with Crippen molar-refractivity contribution in [2.75, 3.05) is 33.3 Å². The van der Waals surface area contributed by atoms with E-state index in [0.717, 1.165) is 13.1 Å². The fourth-order valence-corrected chi connectivity index (χ4v) is 3.25. The average Bonchev–Trinajstić information content (AvgIpc) is 3.07. The summed E-state index contributed by atoms with van der Waals surface area (Å²) in [4.78, 5) is 14.4. The van der Waals surface area contributed by atoms with Crippen molar-refractivity contribution in [3.63, 3.8) is 0 Å². The Balaban J connectivity index is 1.85. The van der Waals surface area contributed by atoms with Gasteiger partial charge < -0.3 is 19.7 Å². The molecule has 0 spiro atoms. The summed E-state index contributed by atoms with van der Waals surface area (Å²) in [7, 11) is 1.35. The number of ether oxygens (including phenoxy) is 2. The van der Waals surface area contributed by atoms with Gasteiger partial charge in [0, 0.05) is 26.2 Å². The van der Waals surface area contributed by atoms with E-state index in [1.54, 1.807) is 11.0 Å². The summed E-state index contributed by atoms with van der Waals surface area (Å²) in [5, 5.41) is 3.30. The summed E-state index contributed by atoms with van der Waals surface area (Å²) in [6, 6.07) is 4.59. The number of nitrogens with zero attached hydrogens (tertiary/aromatic N) is 1. The van der Waals surface area contributed by atoms with Crippen LogP contribution in [0.3, 0.4) is 0 Å². The van der Waals surface area contributed by atoms with Crippen LogP contribution in [-0.4, -0.2) is 50.7 Å². The molecule has 0 aromatic heterocycles. The highest BCUT2D eigenvalue weighted by molar-refractivity contribution is 5.98. The lowest BCUT2D eigenvalue weighted by molar-refractivity contribution is -0.0516. The lowest BCUT2D eigenvalue weighted by atomic mass is 10.0. The molecule has 2 aliphatic rings. The second-order valence-electron chi connectivity index (χ2n) is 5.60. The van der Waals surface area contributed by atoms with Crippen LogP contribution in [0.5, 0.6) is 11.5 Å². The minimum absolute atomic E-state index is 0.118. The number of hydrogen-bond acceptors (Lipinski definition) is 4. The molecule has 1 amide bonds. The number of para-hydroxylation sites is 1. The molecule has 5 nitrogen and oxygen atoms in total. The van der Waals surface area contributed by atoms with E-state index >= 15 is 0 Å². The van der Waals surface area contributed by atoms with Gasteiger partial charge in [0.15, 0.2) is 11.5 Å². The molecule has 7 heteroatoms. The number of halogens is 2. The number of carbonyl (C=O) groups is 1. The van der Waals surface area contributed by atoms with Gasteiger partial charge in [-0.25, -0.2) is 0 Å². The molecule has 2 fully saturated rings. The van der Waals surface area contributed by atoms with Crippen LogP contribution in [0.2, 0.25) is 0 Å². The van der Waals surface area contributed by atoms with Crippen LogP contribution in [-0.2, 0) is 0 Å². The van der Waals surface area contributed by atoms with Gasteiger partial charge in [0.2, 0.25) is 0 Å². The summed E-state index contributed by atoms with van der Waals surface area (Å²) < 4.78 is 34.8. The maximum atomic E-state index is 12.7. The SMILES string of the molecule is COc1cccc(C(=O)N2C[C@H]3CNC[C@H]3C2)c1OC(F)F. The predicted molar refractivity (Wildman–Crippen MR) is 75.4 cm³/mol. The van der Waals surface area contributed by atoms with Gasteiger partial charge >= 0.3 is 6.61 Å². The summed E-state index contributed by atoms with van der Waals surface area (Å²) in [5.74, 6) is 0.527. The Morgan fingerprint density at radius 2 is 2.00 bits per heavy atom. The van der Waals surface area contributed by atoms with Crippen LogP contribution in [0.1, 0.15) is 10.4 Å². The van der Waals surface area contributed by atoms with E-state index in [4.69, 9.17) is 4.74 Å². The topological polar surface area (TPSA) is 50.8 Å². The third-order valence-electron chi connectivity index (χ3n) is 4.31. The second-order valence-corrected chi connectivity index (χ2v) is 5.60. The Morgan fingerprint density at radius 1 is 1.32 bits per heavy atom. The van der Waals surface area contributed by atoms with Gasteiger partial charge in [0.1, 0.15) is 0 Å². The Morgan fingerprint density at radius 3 is 2.59 bits per heavy atom. The summed E-state index contributed by atoms with van der Waals surface area (Å²) in [5.41, 5.74) is 0.118. The van der Waals surface area contributed by atoms with E-state index in [0.29, 0.717) is 24.9 Å². The van der Waals surface area contributed by atoms with E-state index < -0.39 is 6.61 Å². The fraction of sp³-hybridized carbons (Fsp3) is 0.533. The summed E-state index contributed by atoms with van der Waals surface area (Å²) >= 11 is 0. The number of carbonyl (C=O) groups excluding carboxylic acids is 1. The number of rotatable bonds is 4. The van der Waals surface area contributed by atoms with Crippen LogP contribution in [0.4, 0.5) is 8.78 Å². The number of amides is 1. The standard InChI is InChI=1S/C15H18F2N2O3/c1-21-12-4-2-3-11(13(12)22-15(16)17)14(20)19-7-9-5-18-6-10(9)8-19/h2-4,9-10,15,18H,5-8H2,1H3/t9-,10+. The molecule has 2 heterocycles. The summed E-state index contributed by atoms with van der Waals surface area (Å²) in [6.45, 7) is 0.0637. The van der Waals surface area contributed by atoms with Crippen molar-refractivity contribution >= 4 is 5.91 Å². The lowest BCUT2D eigenvalue weighted by Crippen LogP contribution is -2.32. The Hall–Kier alpha value is -1.89. The number of fused-ring (bicyclic) bond motifs is 1. The quantitative estimate of drug-likeness (QED) is 0.917. The van der Waals surface area contributed by atoms with Gasteiger partial charge in [-0.1, -0.05) is 6.07 Å². The van der Waals surface area contributed by atoms with Crippen LogP contribution in [0.25, 0.3) is 0 Å². The highest BCUT2D eigenvalue weighted by Gasteiger charge is 2.39. The van der Waals surface area contributed by atoms with Crippen molar-refractivity contribution in [2.24, 2.45) is 11.8 Å². The highest BCUT2D eigenvalue weighted by Crippen LogP contribution is 2.35. The normalized spacial score (nSPS) is 23.7. The fourth-order valence-electron chi connectivity index (χ4n) is 3.25. The smallest absolute Gasteiger partial charge is 0.387 e. The van der Waals surface area contributed by atoms with Gasteiger partial charge in [-0.3, -0.25) is 4.79 Å². The Kier molecular flexibility index (Phi) is 4.15. The number of benzene rings is 1. The lowest BCUT2D eigenvalue weighted by Gasteiger charge is -2.20. The minimum atomic E-state index is -3.01. The van der Waals surface area contributed by atoms with E-state index in [2.05, 4.69) is 10.1 Å². The molecule has 0 unspecified atom stereocenters. The molecule has 0 radical (unpaired) electrons. The molecule has 1 aromatic rings. The minimum Gasteiger partial charge on any atom is -0.493 e. The maximum absolute atomic E-state index is 12.7. The molecule has 1 aromatic carbocycles. The van der Waals surface area contributed by atoms with Crippen molar-refractivity contribution in [2.45, 2.75) is 6.61 Å². The monoisotopic (exact) mass is 312 g/mol. The number of likely N-dealkylation sites (tertiary alicyclic amines) is 1. The molecular formula is C15H18F2N2O3. The summed E-state index contributed by atoms with van der Waals surface area (Å²) in [6.07, 6.45) is 0. The third kappa shape index (κ3) is 2.72. The predicted octanol–water partition coefficient (Wildman–Crippen LogP) is 1.59. The molecular weight excluding hydrogens is 294 g/mol. The first kappa shape index (κ1) is 15.0. The highest BCUT2D eigenvalue weighted by atomic mass is 19.3. The first-order valence-electron chi connectivity index (χ1n) is 7.22. The number of alkyl halides is 2. The first-order chi connectivity index (χ1) is 10.6. The molecule has 0 aliphatic carbocycles. The van der Waals surface area contributed by atoms with Crippen LogP contribution >= 0.6 is 0 Å². The van der Waals surface area contributed by atoms with Crippen molar-refractivity contribution in [3.8, 4) is 11.5 Å². The molecule has 3 rings (SSSR count). The zero-order valence-corrected chi connectivity index (χ0v) is 12.2. The van der Waals surface area contributed by atoms with Gasteiger partial charge in [-0.2, -0.15) is 8.78 Å². The molecule has 0 bridgehead atoms. The molecule has 0 saturated carbocycles. The van der Waals surface area contributed by atoms with E-state index in [1.165, 1.54) is 19.2 Å². The third-order valence-corrected chi connectivity index (χ3v) is 4.31. The average molecular weight is 312 g/mol. The molecule has 2 atom stereocenters. The molecule has 1 N–H and O–H groups in total. The van der Waals surface area contributed by atoms with E-state index in [-0.39, 0.29) is 23.0 Å². The van der Waals surface area contributed by atoms with Crippen molar-refractivity contribution in [1.82, 2.24) is 10.2 Å². The van der Waals surface area contributed by atoms with Crippen LogP contribution in [0.15, 0.2) is 18.2 Å². The zero-order valence-electron chi connectivity index (χ0n) is 12.2. The first-order valence-corrected chi connectivity index (χ1v) is 7.22. The van der Waals surface area contributed by atoms with E-state index in [1.807, 2.05) is 0 Å². The van der Waals surface area contributed by atoms with Crippen molar-refractivity contribution < 1.29 is 23.0 Å². The zero-order chi connectivity index (χ0) is 15.7. The maximum Gasteiger partial charge on any atom is 0.387 e. The molecule has 22 heavy (non-hydrogen) atoms. The number of nitrogens with one attached hydrogen (secondary N) is 1. The largest absolute Gasteiger partial charge is 0.493 e. The van der Waals surface area contributed by atoms with Crippen LogP contribution < -0.4 is 14.8 Å². The molecule has 2 saturated heterocycles. The van der Waals surface area contributed by atoms with Gasteiger partial charge in [-0.05, 0) is 24.0 Å². The van der Waals surface area contributed by atoms with Gasteiger partial charge in [-0.15, -0.1) is 0 Å². The van der Waals surface area contributed by atoms with Gasteiger partial charge in [0.25, 0.3) is 5.91 Å². The second kappa shape index (κ2) is 6.08. The van der Waals surface area contributed by atoms with Crippen molar-refractivity contribution in [3.05, 3.63) is 23.8 Å². The Labute approximate surface area is 127 Å². The van der Waals surface area contributed by atoms with Crippen molar-refractivity contribution in [1.29, 1.82) is 0 Å². The van der Waals surface area contributed by atoms with Gasteiger partial charge in [0.05, 0.1) is 12.7 Å². The molecule has 120 valence electrons. The molecule has 2 aliphatic heterocycles. The Bertz CT molecular complexity index is 556. The van der Waals surface area contributed by atoms with E-state index in [9.17, 15) is 13.6 Å². The van der Waals surface area contributed by atoms with Crippen LogP contribution in [0, 0.1) is 11.8 Å².